The first-order chi connectivity index (χ1) is 18.7. The maximum absolute atomic E-state index is 14.0. The van der Waals surface area contributed by atoms with Crippen LogP contribution in [0.15, 0.2) is 47.5 Å². The molecular weight excluding hydrogens is 553 g/mol. The van der Waals surface area contributed by atoms with Crippen LogP contribution in [-0.2, 0) is 9.59 Å². The molecule has 1 saturated carbocycles. The Morgan fingerprint density at radius 1 is 1.10 bits per heavy atom. The van der Waals surface area contributed by atoms with Gasteiger partial charge in [-0.15, -0.1) is 0 Å². The van der Waals surface area contributed by atoms with Gasteiger partial charge in [0.2, 0.25) is 0 Å². The highest BCUT2D eigenvalue weighted by molar-refractivity contribution is 6.47. The molecule has 40 heavy (non-hydrogen) atoms. The lowest BCUT2D eigenvalue weighted by Crippen LogP contribution is -2.50. The maximum atomic E-state index is 14.0. The van der Waals surface area contributed by atoms with Gasteiger partial charge in [0.25, 0.3) is 11.8 Å². The number of carboxylic acid groups (broad SMARTS) is 1. The average Bonchev–Trinajstić information content (AvgIpc) is 3.16. The van der Waals surface area contributed by atoms with Gasteiger partial charge in [0.05, 0.1) is 12.6 Å². The average molecular weight is 589 g/mol. The predicted molar refractivity (Wildman–Crippen MR) is 155 cm³/mol. The summed E-state index contributed by atoms with van der Waals surface area (Å²) in [4.78, 5) is 44.3. The number of amides is 2. The van der Waals surface area contributed by atoms with Crippen LogP contribution in [0.4, 0.5) is 0 Å². The summed E-state index contributed by atoms with van der Waals surface area (Å²) in [6, 6.07) is 11.5. The number of aliphatic carboxylic acids is 1. The van der Waals surface area contributed by atoms with Gasteiger partial charge >= 0.3 is 5.97 Å². The number of nitrogens with one attached hydrogen (secondary N) is 1. The normalized spacial score (nSPS) is 22.7. The van der Waals surface area contributed by atoms with Crippen molar-refractivity contribution in [1.82, 2.24) is 10.2 Å². The number of carbonyl (C=O) groups excluding carboxylic acids is 2. The van der Waals surface area contributed by atoms with E-state index in [9.17, 15) is 19.5 Å². The van der Waals surface area contributed by atoms with Crippen molar-refractivity contribution >= 4 is 46.7 Å². The molecule has 214 valence electrons. The fourth-order valence-electron chi connectivity index (χ4n) is 5.77. The second-order valence-corrected chi connectivity index (χ2v) is 12.7. The molecule has 0 saturated heterocycles. The molecule has 4 rings (SSSR count). The molecule has 1 aliphatic carbocycles. The first kappa shape index (κ1) is 30.0. The van der Waals surface area contributed by atoms with E-state index in [1.54, 1.807) is 42.5 Å². The number of carboxylic acids is 1. The second-order valence-electron chi connectivity index (χ2n) is 11.8. The highest BCUT2D eigenvalue weighted by atomic mass is 35.5. The zero-order valence-electron chi connectivity index (χ0n) is 23.1. The Balaban J connectivity index is 1.62. The van der Waals surface area contributed by atoms with Crippen molar-refractivity contribution in [3.63, 3.8) is 0 Å². The van der Waals surface area contributed by atoms with Gasteiger partial charge in [-0.05, 0) is 79.8 Å². The summed E-state index contributed by atoms with van der Waals surface area (Å²) < 4.78 is 0. The first-order valence-electron chi connectivity index (χ1n) is 13.4. The molecule has 2 atom stereocenters. The third-order valence-electron chi connectivity index (χ3n) is 8.12. The Kier molecular flexibility index (Phi) is 8.64. The van der Waals surface area contributed by atoms with Gasteiger partial charge in [0, 0.05) is 21.2 Å². The third kappa shape index (κ3) is 6.19. The summed E-state index contributed by atoms with van der Waals surface area (Å²) in [6.45, 7) is 8.30. The lowest BCUT2D eigenvalue weighted by Gasteiger charge is -2.46. The summed E-state index contributed by atoms with van der Waals surface area (Å²) in [5.41, 5.74) is 1.53. The van der Waals surface area contributed by atoms with Gasteiger partial charge in [-0.2, -0.15) is 0 Å². The van der Waals surface area contributed by atoms with Crippen LogP contribution in [0.25, 0.3) is 0 Å². The molecule has 1 spiro atoms. The van der Waals surface area contributed by atoms with Crippen LogP contribution in [0, 0.1) is 11.3 Å². The molecule has 8 nitrogen and oxygen atoms in total. The number of rotatable bonds is 7. The summed E-state index contributed by atoms with van der Waals surface area (Å²) in [5.74, 6) is -1.59. The van der Waals surface area contributed by atoms with Crippen molar-refractivity contribution in [1.29, 1.82) is 0 Å². The Morgan fingerprint density at radius 2 is 1.68 bits per heavy atom. The third-order valence-corrected chi connectivity index (χ3v) is 8.56. The van der Waals surface area contributed by atoms with E-state index in [4.69, 9.17) is 33.3 Å². The van der Waals surface area contributed by atoms with Gasteiger partial charge in [-0.25, -0.2) is 4.79 Å². The van der Waals surface area contributed by atoms with Crippen molar-refractivity contribution in [2.75, 3.05) is 6.54 Å². The van der Waals surface area contributed by atoms with Gasteiger partial charge in [-0.3, -0.25) is 14.6 Å². The number of nitrogens with zero attached hydrogens (tertiary/aromatic N) is 2. The van der Waals surface area contributed by atoms with Gasteiger partial charge in [-0.1, -0.05) is 56.1 Å². The molecule has 3 N–H and O–H groups in total. The van der Waals surface area contributed by atoms with E-state index in [1.807, 2.05) is 11.8 Å². The molecule has 0 aromatic heterocycles. The lowest BCUT2D eigenvalue weighted by molar-refractivity contribution is -0.146. The van der Waals surface area contributed by atoms with Gasteiger partial charge in [0.15, 0.2) is 6.10 Å². The van der Waals surface area contributed by atoms with E-state index < -0.39 is 30.2 Å². The molecule has 2 aromatic carbocycles. The van der Waals surface area contributed by atoms with E-state index in [2.05, 4.69) is 26.1 Å². The molecular formula is C30H35Cl2N3O5. The van der Waals surface area contributed by atoms with Crippen LogP contribution in [-0.4, -0.2) is 56.9 Å². The van der Waals surface area contributed by atoms with E-state index in [0.717, 1.165) is 31.2 Å². The standard InChI is InChI=1S/C30H35Cl2N3O5/c1-17(18-5-7-19(8-6-18)26(37)33-16-24(36)28(39)40)35-27(38)25(20-13-22(31)15-23(32)14-20)34-30(35)11-9-21(10-12-30)29(2,3)4/h5-8,13-15,17,21,24,36H,9-12,16H2,1-4H3,(H,33,37)(H,39,40)/t17-,21?,24?,30?/m1/s1. The molecule has 1 heterocycles. The topological polar surface area (TPSA) is 119 Å². The van der Waals surface area contributed by atoms with E-state index >= 15 is 0 Å². The van der Waals surface area contributed by atoms with E-state index in [0.29, 0.717) is 32.8 Å². The monoisotopic (exact) mass is 587 g/mol. The van der Waals surface area contributed by atoms with E-state index in [-0.39, 0.29) is 17.4 Å². The van der Waals surface area contributed by atoms with Crippen molar-refractivity contribution in [2.24, 2.45) is 16.3 Å². The van der Waals surface area contributed by atoms with Crippen LogP contribution < -0.4 is 5.32 Å². The fraction of sp³-hybridized carbons (Fsp3) is 0.467. The van der Waals surface area contributed by atoms with Crippen molar-refractivity contribution in [3.8, 4) is 0 Å². The number of benzene rings is 2. The number of aliphatic imine (C=N–C) groups is 1. The number of aliphatic hydroxyl groups excluding tert-OH is 1. The quantitative estimate of drug-likeness (QED) is 0.395. The lowest BCUT2D eigenvalue weighted by atomic mass is 9.69. The fourth-order valence-corrected chi connectivity index (χ4v) is 6.29. The van der Waals surface area contributed by atoms with Crippen molar-refractivity contribution in [2.45, 2.75) is 71.2 Å². The van der Waals surface area contributed by atoms with Crippen LogP contribution in [0.5, 0.6) is 0 Å². The summed E-state index contributed by atoms with van der Waals surface area (Å²) >= 11 is 12.5. The summed E-state index contributed by atoms with van der Waals surface area (Å²) in [7, 11) is 0. The van der Waals surface area contributed by atoms with Gasteiger partial charge < -0.3 is 20.4 Å². The number of halogens is 2. The zero-order chi connectivity index (χ0) is 29.4. The van der Waals surface area contributed by atoms with Crippen LogP contribution >= 0.6 is 23.2 Å². The number of carbonyl (C=O) groups is 3. The van der Waals surface area contributed by atoms with Gasteiger partial charge in [0.1, 0.15) is 11.4 Å². The molecule has 1 aliphatic heterocycles. The highest BCUT2D eigenvalue weighted by Crippen LogP contribution is 2.49. The molecule has 10 heteroatoms. The molecule has 1 unspecified atom stereocenters. The molecule has 2 amide bonds. The second kappa shape index (κ2) is 11.5. The van der Waals surface area contributed by atoms with Crippen LogP contribution in [0.1, 0.15) is 80.9 Å². The predicted octanol–water partition coefficient (Wildman–Crippen LogP) is 5.49. The minimum Gasteiger partial charge on any atom is -0.479 e. The first-order valence-corrected chi connectivity index (χ1v) is 14.2. The molecule has 0 radical (unpaired) electrons. The summed E-state index contributed by atoms with van der Waals surface area (Å²) in [5, 5.41) is 21.5. The van der Waals surface area contributed by atoms with Crippen molar-refractivity contribution < 1.29 is 24.6 Å². The Bertz CT molecular complexity index is 1310. The largest absolute Gasteiger partial charge is 0.479 e. The summed E-state index contributed by atoms with van der Waals surface area (Å²) in [6.07, 6.45) is 1.66. The molecule has 0 bridgehead atoms. The molecule has 2 aromatic rings. The SMILES string of the molecule is C[C@H](c1ccc(C(=O)NCC(O)C(=O)O)cc1)N1C(=O)C(c2cc(Cl)cc(Cl)c2)=NC12CCC(C(C)(C)C)CC2. The molecule has 2 aliphatic rings. The Labute approximate surface area is 244 Å². The number of hydrogen-bond donors (Lipinski definition) is 3. The van der Waals surface area contributed by atoms with Crippen LogP contribution in [0.2, 0.25) is 10.0 Å². The Morgan fingerprint density at radius 3 is 2.20 bits per heavy atom. The smallest absolute Gasteiger partial charge is 0.334 e. The van der Waals surface area contributed by atoms with E-state index in [1.165, 1.54) is 0 Å². The minimum atomic E-state index is -1.68. The number of hydrogen-bond acceptors (Lipinski definition) is 5. The van der Waals surface area contributed by atoms with Crippen molar-refractivity contribution in [3.05, 3.63) is 69.2 Å². The highest BCUT2D eigenvalue weighted by Gasteiger charge is 2.52. The number of aliphatic hydroxyl groups is 1. The minimum absolute atomic E-state index is 0.157. The Hall–Kier alpha value is -2.94. The molecule has 1 fully saturated rings. The zero-order valence-corrected chi connectivity index (χ0v) is 24.6. The maximum Gasteiger partial charge on any atom is 0.334 e. The van der Waals surface area contributed by atoms with Crippen LogP contribution in [0.3, 0.4) is 0 Å².